The molecule has 0 fully saturated rings. The Hall–Kier alpha value is -3.34. The molecule has 136 valence electrons. The Morgan fingerprint density at radius 1 is 1.04 bits per heavy atom. The van der Waals surface area contributed by atoms with Crippen LogP contribution in [0.3, 0.4) is 0 Å². The van der Waals surface area contributed by atoms with Gasteiger partial charge in [0, 0.05) is 41.3 Å². The first kappa shape index (κ1) is 17.1. The average Bonchev–Trinajstić information content (AvgIpc) is 3.17. The second-order valence-corrected chi connectivity index (χ2v) is 6.55. The molecule has 2 heterocycles. The normalized spacial score (nSPS) is 14.1. The molecule has 1 amide bonds. The highest BCUT2D eigenvalue weighted by atomic mass is 16.5. The number of methoxy groups -OCH3 is 1. The van der Waals surface area contributed by atoms with Crippen molar-refractivity contribution in [1.82, 2.24) is 9.88 Å². The third kappa shape index (κ3) is 3.24. The van der Waals surface area contributed by atoms with E-state index in [1.165, 1.54) is 23.6 Å². The first-order valence-electron chi connectivity index (χ1n) is 8.90. The Morgan fingerprint density at radius 2 is 1.78 bits per heavy atom. The van der Waals surface area contributed by atoms with Crippen LogP contribution in [0.1, 0.15) is 32.7 Å². The Labute approximate surface area is 157 Å². The van der Waals surface area contributed by atoms with Crippen LogP contribution < -0.4 is 0 Å². The van der Waals surface area contributed by atoms with Crippen LogP contribution >= 0.6 is 0 Å². The van der Waals surface area contributed by atoms with Crippen molar-refractivity contribution in [2.75, 3.05) is 20.2 Å². The molecule has 1 aliphatic heterocycles. The summed E-state index contributed by atoms with van der Waals surface area (Å²) in [7, 11) is 1.34. The number of carbonyl (C=O) groups excluding carboxylic acids is 2. The predicted octanol–water partition coefficient (Wildman–Crippen LogP) is 3.88. The maximum Gasteiger partial charge on any atom is 0.337 e. The lowest BCUT2D eigenvalue weighted by Crippen LogP contribution is -2.34. The number of nitrogens with one attached hydrogen (secondary N) is 1. The van der Waals surface area contributed by atoms with Crippen molar-refractivity contribution in [2.24, 2.45) is 0 Å². The molecule has 0 spiro atoms. The number of hydrogen-bond donors (Lipinski definition) is 1. The first-order valence-corrected chi connectivity index (χ1v) is 8.90. The Balaban J connectivity index is 1.49. The lowest BCUT2D eigenvalue weighted by Gasteiger charge is -2.26. The third-order valence-corrected chi connectivity index (χ3v) is 4.98. The van der Waals surface area contributed by atoms with Crippen molar-refractivity contribution < 1.29 is 14.3 Å². The Morgan fingerprint density at radius 3 is 2.48 bits per heavy atom. The molecular weight excluding hydrogens is 340 g/mol. The van der Waals surface area contributed by atoms with E-state index in [4.69, 9.17) is 0 Å². The average molecular weight is 360 g/mol. The third-order valence-electron chi connectivity index (χ3n) is 4.98. The van der Waals surface area contributed by atoms with Gasteiger partial charge in [0.15, 0.2) is 0 Å². The summed E-state index contributed by atoms with van der Waals surface area (Å²) in [6.07, 6.45) is 4.98. The first-order chi connectivity index (χ1) is 13.2. The number of aromatic amines is 1. The fourth-order valence-electron chi connectivity index (χ4n) is 3.48. The molecule has 0 atom stereocenters. The van der Waals surface area contributed by atoms with Crippen LogP contribution in [-0.2, 0) is 4.74 Å². The van der Waals surface area contributed by atoms with Crippen LogP contribution in [0.5, 0.6) is 0 Å². The number of H-pyrrole nitrogens is 1. The minimum atomic E-state index is -0.404. The van der Waals surface area contributed by atoms with E-state index in [2.05, 4.69) is 27.9 Å². The summed E-state index contributed by atoms with van der Waals surface area (Å²) in [4.78, 5) is 29.4. The fourth-order valence-corrected chi connectivity index (χ4v) is 3.48. The largest absolute Gasteiger partial charge is 0.465 e. The van der Waals surface area contributed by atoms with Gasteiger partial charge in [-0.1, -0.05) is 24.3 Å². The molecule has 0 unspecified atom stereocenters. The summed E-state index contributed by atoms with van der Waals surface area (Å²) in [5, 5.41) is 1.21. The molecule has 2 aromatic carbocycles. The van der Waals surface area contributed by atoms with Crippen LogP contribution in [0.15, 0.2) is 60.8 Å². The number of benzene rings is 2. The van der Waals surface area contributed by atoms with E-state index >= 15 is 0 Å². The molecule has 1 N–H and O–H groups in total. The van der Waals surface area contributed by atoms with E-state index in [9.17, 15) is 9.59 Å². The monoisotopic (exact) mass is 360 g/mol. The molecular formula is C22H20N2O3. The summed E-state index contributed by atoms with van der Waals surface area (Å²) < 4.78 is 4.69. The topological polar surface area (TPSA) is 62.4 Å². The zero-order valence-electron chi connectivity index (χ0n) is 15.1. The van der Waals surface area contributed by atoms with Gasteiger partial charge in [-0.05, 0) is 42.3 Å². The minimum absolute atomic E-state index is 0.0272. The number of amides is 1. The summed E-state index contributed by atoms with van der Waals surface area (Å²) >= 11 is 0. The van der Waals surface area contributed by atoms with E-state index in [1.807, 2.05) is 23.2 Å². The minimum Gasteiger partial charge on any atom is -0.465 e. The molecule has 1 aromatic heterocycles. The molecule has 0 aliphatic carbocycles. The van der Waals surface area contributed by atoms with Gasteiger partial charge in [0.05, 0.1) is 12.7 Å². The van der Waals surface area contributed by atoms with Crippen molar-refractivity contribution >= 4 is 28.4 Å². The molecule has 5 nitrogen and oxygen atoms in total. The van der Waals surface area contributed by atoms with Crippen LogP contribution in [0, 0.1) is 0 Å². The standard InChI is InChI=1S/C22H20N2O3/c1-27-22(26)17-8-6-16(7-9-17)21(25)24-12-10-15(11-13-24)19-14-23-20-5-3-2-4-18(19)20/h2-10,14,23H,11-13H2,1H3. The Bertz CT molecular complexity index is 1030. The summed E-state index contributed by atoms with van der Waals surface area (Å²) in [5.74, 6) is -0.432. The van der Waals surface area contributed by atoms with Crippen LogP contribution in [0.4, 0.5) is 0 Å². The van der Waals surface area contributed by atoms with Crippen molar-refractivity contribution in [1.29, 1.82) is 0 Å². The van der Waals surface area contributed by atoms with E-state index in [0.29, 0.717) is 24.2 Å². The molecule has 0 radical (unpaired) electrons. The van der Waals surface area contributed by atoms with Gasteiger partial charge in [-0.15, -0.1) is 0 Å². The molecule has 27 heavy (non-hydrogen) atoms. The number of para-hydroxylation sites is 1. The smallest absolute Gasteiger partial charge is 0.337 e. The zero-order valence-corrected chi connectivity index (χ0v) is 15.1. The zero-order chi connectivity index (χ0) is 18.8. The second kappa shape index (κ2) is 7.11. The quantitative estimate of drug-likeness (QED) is 0.721. The molecule has 4 rings (SSSR count). The van der Waals surface area contributed by atoms with Gasteiger partial charge in [0.2, 0.25) is 0 Å². The predicted molar refractivity (Wildman–Crippen MR) is 105 cm³/mol. The molecule has 1 aliphatic rings. The molecule has 5 heteroatoms. The number of esters is 1. The van der Waals surface area contributed by atoms with Gasteiger partial charge in [0.25, 0.3) is 5.91 Å². The fraction of sp³-hybridized carbons (Fsp3) is 0.182. The van der Waals surface area contributed by atoms with Crippen molar-refractivity contribution in [3.63, 3.8) is 0 Å². The van der Waals surface area contributed by atoms with E-state index in [1.54, 1.807) is 24.3 Å². The SMILES string of the molecule is COC(=O)c1ccc(C(=O)N2CC=C(c3c[nH]c4ccccc34)CC2)cc1. The van der Waals surface area contributed by atoms with Gasteiger partial charge in [-0.3, -0.25) is 4.79 Å². The van der Waals surface area contributed by atoms with E-state index in [0.717, 1.165) is 11.9 Å². The van der Waals surface area contributed by atoms with E-state index in [-0.39, 0.29) is 5.91 Å². The highest BCUT2D eigenvalue weighted by molar-refractivity contribution is 5.97. The Kier molecular flexibility index (Phi) is 4.50. The number of nitrogens with zero attached hydrogens (tertiary/aromatic N) is 1. The number of aromatic nitrogens is 1. The molecule has 0 bridgehead atoms. The van der Waals surface area contributed by atoms with Crippen molar-refractivity contribution in [2.45, 2.75) is 6.42 Å². The molecule has 0 saturated heterocycles. The number of hydrogen-bond acceptors (Lipinski definition) is 3. The van der Waals surface area contributed by atoms with Gasteiger partial charge >= 0.3 is 5.97 Å². The van der Waals surface area contributed by atoms with Gasteiger partial charge < -0.3 is 14.6 Å². The van der Waals surface area contributed by atoms with Gasteiger partial charge in [-0.25, -0.2) is 4.79 Å². The number of ether oxygens (including phenoxy) is 1. The van der Waals surface area contributed by atoms with E-state index < -0.39 is 5.97 Å². The summed E-state index contributed by atoms with van der Waals surface area (Å²) in [6.45, 7) is 1.25. The summed E-state index contributed by atoms with van der Waals surface area (Å²) in [6, 6.07) is 14.8. The lowest BCUT2D eigenvalue weighted by atomic mass is 9.98. The van der Waals surface area contributed by atoms with Gasteiger partial charge in [-0.2, -0.15) is 0 Å². The van der Waals surface area contributed by atoms with Crippen LogP contribution in [-0.4, -0.2) is 42.0 Å². The number of fused-ring (bicyclic) bond motifs is 1. The highest BCUT2D eigenvalue weighted by Gasteiger charge is 2.20. The number of carbonyl (C=O) groups is 2. The molecule has 3 aromatic rings. The van der Waals surface area contributed by atoms with Crippen molar-refractivity contribution in [3.8, 4) is 0 Å². The van der Waals surface area contributed by atoms with Gasteiger partial charge in [0.1, 0.15) is 0 Å². The summed E-state index contributed by atoms with van der Waals surface area (Å²) in [5.41, 5.74) is 4.61. The van der Waals surface area contributed by atoms with Crippen molar-refractivity contribution in [3.05, 3.63) is 77.5 Å². The highest BCUT2D eigenvalue weighted by Crippen LogP contribution is 2.29. The maximum atomic E-state index is 12.7. The maximum absolute atomic E-state index is 12.7. The second-order valence-electron chi connectivity index (χ2n) is 6.55. The lowest BCUT2D eigenvalue weighted by molar-refractivity contribution is 0.0600. The number of rotatable bonds is 3. The van der Waals surface area contributed by atoms with Crippen LogP contribution in [0.2, 0.25) is 0 Å². The van der Waals surface area contributed by atoms with Crippen LogP contribution in [0.25, 0.3) is 16.5 Å². The molecule has 0 saturated carbocycles.